The van der Waals surface area contributed by atoms with Crippen LogP contribution in [0.25, 0.3) is 0 Å². The summed E-state index contributed by atoms with van der Waals surface area (Å²) in [6.07, 6.45) is 2.12. The van der Waals surface area contributed by atoms with Gasteiger partial charge in [0.15, 0.2) is 0 Å². The lowest BCUT2D eigenvalue weighted by Gasteiger charge is -2.13. The van der Waals surface area contributed by atoms with Gasteiger partial charge in [0.05, 0.1) is 18.7 Å². The lowest BCUT2D eigenvalue weighted by atomic mass is 10.1. The van der Waals surface area contributed by atoms with Crippen molar-refractivity contribution in [2.75, 3.05) is 25.7 Å². The SMILES string of the molecule is COc1ccc(C#N)cc1CNCC(C)CSC. The quantitative estimate of drug-likeness (QED) is 0.822. The second kappa shape index (κ2) is 8.02. The van der Waals surface area contributed by atoms with Crippen LogP contribution in [-0.4, -0.2) is 25.7 Å². The number of benzene rings is 1. The van der Waals surface area contributed by atoms with Crippen LogP contribution >= 0.6 is 11.8 Å². The van der Waals surface area contributed by atoms with Crippen LogP contribution in [0.3, 0.4) is 0 Å². The van der Waals surface area contributed by atoms with Gasteiger partial charge in [-0.15, -0.1) is 0 Å². The molecular weight excluding hydrogens is 244 g/mol. The zero-order valence-electron chi connectivity index (χ0n) is 11.2. The maximum Gasteiger partial charge on any atom is 0.123 e. The Morgan fingerprint density at radius 3 is 2.89 bits per heavy atom. The van der Waals surface area contributed by atoms with Crippen LogP contribution < -0.4 is 10.1 Å². The third kappa shape index (κ3) is 4.59. The molecule has 18 heavy (non-hydrogen) atoms. The van der Waals surface area contributed by atoms with Crippen LogP contribution in [0.5, 0.6) is 5.75 Å². The average Bonchev–Trinajstić information content (AvgIpc) is 2.39. The fourth-order valence-corrected chi connectivity index (χ4v) is 2.47. The van der Waals surface area contributed by atoms with E-state index in [4.69, 9.17) is 10.00 Å². The Labute approximate surface area is 114 Å². The van der Waals surface area contributed by atoms with Crippen LogP contribution in [0.1, 0.15) is 18.1 Å². The lowest BCUT2D eigenvalue weighted by Crippen LogP contribution is -2.22. The van der Waals surface area contributed by atoms with Gasteiger partial charge in [-0.25, -0.2) is 0 Å². The summed E-state index contributed by atoms with van der Waals surface area (Å²) in [5.41, 5.74) is 1.71. The molecule has 0 aromatic heterocycles. The molecule has 0 saturated carbocycles. The van der Waals surface area contributed by atoms with Crippen molar-refractivity contribution < 1.29 is 4.74 Å². The van der Waals surface area contributed by atoms with Crippen LogP contribution in [0.15, 0.2) is 18.2 Å². The Morgan fingerprint density at radius 1 is 1.50 bits per heavy atom. The molecule has 0 aliphatic rings. The summed E-state index contributed by atoms with van der Waals surface area (Å²) < 4.78 is 5.30. The summed E-state index contributed by atoms with van der Waals surface area (Å²) in [7, 11) is 1.65. The highest BCUT2D eigenvalue weighted by Gasteiger charge is 2.05. The van der Waals surface area contributed by atoms with Crippen molar-refractivity contribution >= 4 is 11.8 Å². The minimum Gasteiger partial charge on any atom is -0.496 e. The van der Waals surface area contributed by atoms with Crippen LogP contribution in [0.4, 0.5) is 0 Å². The predicted octanol–water partition coefficient (Wildman–Crippen LogP) is 2.66. The molecule has 0 amide bonds. The molecule has 0 radical (unpaired) electrons. The minimum absolute atomic E-state index is 0.644. The second-order valence-electron chi connectivity index (χ2n) is 4.33. The van der Waals surface area contributed by atoms with E-state index < -0.39 is 0 Å². The molecule has 4 heteroatoms. The molecule has 1 unspecified atom stereocenters. The zero-order chi connectivity index (χ0) is 13.4. The number of nitrogens with one attached hydrogen (secondary N) is 1. The summed E-state index contributed by atoms with van der Waals surface area (Å²) in [5.74, 6) is 2.63. The lowest BCUT2D eigenvalue weighted by molar-refractivity contribution is 0.406. The van der Waals surface area contributed by atoms with Gasteiger partial charge in [0.2, 0.25) is 0 Å². The Bertz CT molecular complexity index is 415. The summed E-state index contributed by atoms with van der Waals surface area (Å²) in [5, 5.41) is 12.3. The summed E-state index contributed by atoms with van der Waals surface area (Å²) in [4.78, 5) is 0. The van der Waals surface area contributed by atoms with E-state index in [0.717, 1.165) is 30.2 Å². The molecule has 0 spiro atoms. The Balaban J connectivity index is 2.57. The monoisotopic (exact) mass is 264 g/mol. The first-order chi connectivity index (χ1) is 8.71. The van der Waals surface area contributed by atoms with E-state index in [2.05, 4.69) is 24.6 Å². The van der Waals surface area contributed by atoms with Crippen LogP contribution in [0.2, 0.25) is 0 Å². The molecule has 1 atom stereocenters. The molecule has 3 nitrogen and oxygen atoms in total. The van der Waals surface area contributed by atoms with E-state index in [1.165, 1.54) is 0 Å². The first-order valence-corrected chi connectivity index (χ1v) is 7.37. The third-order valence-corrected chi connectivity index (χ3v) is 3.57. The molecule has 1 aromatic carbocycles. The molecule has 98 valence electrons. The van der Waals surface area contributed by atoms with Gasteiger partial charge in [0.1, 0.15) is 5.75 Å². The molecule has 1 aromatic rings. The maximum absolute atomic E-state index is 8.90. The van der Waals surface area contributed by atoms with Crippen molar-refractivity contribution in [1.29, 1.82) is 5.26 Å². The van der Waals surface area contributed by atoms with Gasteiger partial charge < -0.3 is 10.1 Å². The molecule has 0 bridgehead atoms. The van der Waals surface area contributed by atoms with Gasteiger partial charge in [0, 0.05) is 12.1 Å². The van der Waals surface area contributed by atoms with Gasteiger partial charge in [-0.2, -0.15) is 17.0 Å². The standard InChI is InChI=1S/C14H20N2OS/c1-11(10-18-3)8-16-9-13-6-12(7-15)4-5-14(13)17-2/h4-6,11,16H,8-10H2,1-3H3. The van der Waals surface area contributed by atoms with Crippen molar-refractivity contribution in [1.82, 2.24) is 5.32 Å². The largest absolute Gasteiger partial charge is 0.496 e. The molecular formula is C14H20N2OS. The van der Waals surface area contributed by atoms with Gasteiger partial charge in [-0.3, -0.25) is 0 Å². The average molecular weight is 264 g/mol. The number of methoxy groups -OCH3 is 1. The van der Waals surface area contributed by atoms with E-state index in [1.807, 2.05) is 23.9 Å². The molecule has 0 aliphatic carbocycles. The fourth-order valence-electron chi connectivity index (χ4n) is 1.78. The smallest absolute Gasteiger partial charge is 0.123 e. The highest BCUT2D eigenvalue weighted by atomic mass is 32.2. The van der Waals surface area contributed by atoms with E-state index in [0.29, 0.717) is 11.5 Å². The Kier molecular flexibility index (Phi) is 6.63. The zero-order valence-corrected chi connectivity index (χ0v) is 12.0. The predicted molar refractivity (Wildman–Crippen MR) is 77.0 cm³/mol. The van der Waals surface area contributed by atoms with Gasteiger partial charge >= 0.3 is 0 Å². The normalized spacial score (nSPS) is 11.9. The Hall–Kier alpha value is -1.18. The Morgan fingerprint density at radius 2 is 2.28 bits per heavy atom. The van der Waals surface area contributed by atoms with E-state index in [1.54, 1.807) is 13.2 Å². The topological polar surface area (TPSA) is 45.0 Å². The van der Waals surface area contributed by atoms with Crippen molar-refractivity contribution in [3.63, 3.8) is 0 Å². The first kappa shape index (κ1) is 14.9. The number of nitrogens with zero attached hydrogens (tertiary/aromatic N) is 1. The third-order valence-electron chi connectivity index (χ3n) is 2.67. The van der Waals surface area contributed by atoms with Crippen molar-refractivity contribution in [2.45, 2.75) is 13.5 Å². The highest BCUT2D eigenvalue weighted by Crippen LogP contribution is 2.19. The second-order valence-corrected chi connectivity index (χ2v) is 5.24. The van der Waals surface area contributed by atoms with Gasteiger partial charge in [-0.05, 0) is 42.7 Å². The number of hydrogen-bond acceptors (Lipinski definition) is 4. The molecule has 0 heterocycles. The summed E-state index contributed by atoms with van der Waals surface area (Å²) in [6.45, 7) is 3.94. The summed E-state index contributed by atoms with van der Waals surface area (Å²) in [6, 6.07) is 7.66. The highest BCUT2D eigenvalue weighted by molar-refractivity contribution is 7.98. The number of hydrogen-bond donors (Lipinski definition) is 1. The molecule has 0 aliphatic heterocycles. The van der Waals surface area contributed by atoms with Crippen molar-refractivity contribution in [3.8, 4) is 11.8 Å². The molecule has 0 saturated heterocycles. The number of nitriles is 1. The summed E-state index contributed by atoms with van der Waals surface area (Å²) >= 11 is 1.86. The maximum atomic E-state index is 8.90. The van der Waals surface area contributed by atoms with Crippen molar-refractivity contribution in [3.05, 3.63) is 29.3 Å². The van der Waals surface area contributed by atoms with Gasteiger partial charge in [-0.1, -0.05) is 6.92 Å². The number of ether oxygens (including phenoxy) is 1. The van der Waals surface area contributed by atoms with Crippen molar-refractivity contribution in [2.24, 2.45) is 5.92 Å². The van der Waals surface area contributed by atoms with Crippen LogP contribution in [-0.2, 0) is 6.54 Å². The first-order valence-electron chi connectivity index (χ1n) is 5.98. The molecule has 1 N–H and O–H groups in total. The minimum atomic E-state index is 0.644. The number of rotatable bonds is 7. The van der Waals surface area contributed by atoms with Gasteiger partial charge in [0.25, 0.3) is 0 Å². The fraction of sp³-hybridized carbons (Fsp3) is 0.500. The number of thioether (sulfide) groups is 1. The van der Waals surface area contributed by atoms with E-state index in [-0.39, 0.29) is 0 Å². The molecule has 0 fully saturated rings. The van der Waals surface area contributed by atoms with Crippen LogP contribution in [0, 0.1) is 17.2 Å². The van der Waals surface area contributed by atoms with E-state index >= 15 is 0 Å². The molecule has 1 rings (SSSR count). The van der Waals surface area contributed by atoms with E-state index in [9.17, 15) is 0 Å².